The maximum absolute atomic E-state index is 11.8. The van der Waals surface area contributed by atoms with Crippen LogP contribution in [0.3, 0.4) is 0 Å². The van der Waals surface area contributed by atoms with E-state index >= 15 is 0 Å². The molecule has 0 aromatic heterocycles. The first-order valence-electron chi connectivity index (χ1n) is 7.16. The molecule has 2 rings (SSSR count). The van der Waals surface area contributed by atoms with Gasteiger partial charge in [0.15, 0.2) is 6.54 Å². The third-order valence-electron chi connectivity index (χ3n) is 3.52. The van der Waals surface area contributed by atoms with Gasteiger partial charge in [-0.3, -0.25) is 4.79 Å². The van der Waals surface area contributed by atoms with Gasteiger partial charge in [0.2, 0.25) is 0 Å². The minimum Gasteiger partial charge on any atom is -0.327 e. The molecule has 1 fully saturated rings. The second kappa shape index (κ2) is 8.02. The van der Waals surface area contributed by atoms with Gasteiger partial charge >= 0.3 is 0 Å². The summed E-state index contributed by atoms with van der Waals surface area (Å²) in [5, 5.41) is 4.60. The summed E-state index contributed by atoms with van der Waals surface area (Å²) in [5.41, 5.74) is 3.38. The van der Waals surface area contributed by atoms with Crippen LogP contribution in [0.1, 0.15) is 31.2 Å². The Labute approximate surface area is 124 Å². The quantitative estimate of drug-likeness (QED) is 0.637. The fourth-order valence-corrected chi connectivity index (χ4v) is 2.61. The molecule has 0 bridgehead atoms. The number of halogens is 1. The molecule has 5 heteroatoms. The monoisotopic (exact) mass is 294 g/mol. The molecule has 0 saturated carbocycles. The van der Waals surface area contributed by atoms with E-state index in [1.807, 2.05) is 18.2 Å². The third kappa shape index (κ3) is 4.94. The first kappa shape index (κ1) is 15.0. The summed E-state index contributed by atoms with van der Waals surface area (Å²) in [5.74, 6) is -0.0368. The summed E-state index contributed by atoms with van der Waals surface area (Å²) < 4.78 is 0. The highest BCUT2D eigenvalue weighted by Crippen LogP contribution is 2.11. The molecule has 2 N–H and O–H groups in total. The van der Waals surface area contributed by atoms with E-state index in [1.165, 1.54) is 30.6 Å². The number of hydrazone groups is 1. The Morgan fingerprint density at radius 3 is 2.65 bits per heavy atom. The Bertz CT molecular complexity index is 468. The van der Waals surface area contributed by atoms with Crippen molar-refractivity contribution < 1.29 is 9.69 Å². The van der Waals surface area contributed by atoms with Crippen molar-refractivity contribution in [2.45, 2.75) is 25.7 Å². The zero-order valence-corrected chi connectivity index (χ0v) is 12.3. The molecule has 1 aliphatic rings. The number of benzene rings is 1. The minimum absolute atomic E-state index is 0.0368. The van der Waals surface area contributed by atoms with Crippen LogP contribution >= 0.6 is 11.6 Å². The molecular weight excluding hydrogens is 274 g/mol. The number of hydrogen-bond donors (Lipinski definition) is 2. The summed E-state index contributed by atoms with van der Waals surface area (Å²) in [7, 11) is 0. The van der Waals surface area contributed by atoms with Crippen LogP contribution in [0.15, 0.2) is 29.4 Å². The van der Waals surface area contributed by atoms with E-state index in [-0.39, 0.29) is 5.91 Å². The highest BCUT2D eigenvalue weighted by Gasteiger charge is 2.15. The van der Waals surface area contributed by atoms with Gasteiger partial charge in [0.05, 0.1) is 19.3 Å². The molecule has 1 saturated heterocycles. The molecular formula is C15H21ClN3O+. The van der Waals surface area contributed by atoms with Gasteiger partial charge in [0, 0.05) is 10.6 Å². The molecule has 1 aromatic rings. The molecule has 1 aliphatic heterocycles. The smallest absolute Gasteiger partial charge is 0.295 e. The van der Waals surface area contributed by atoms with Gasteiger partial charge in [0.25, 0.3) is 5.91 Å². The van der Waals surface area contributed by atoms with E-state index in [9.17, 15) is 4.79 Å². The molecule has 0 radical (unpaired) electrons. The van der Waals surface area contributed by atoms with Crippen molar-refractivity contribution in [2.24, 2.45) is 5.10 Å². The largest absolute Gasteiger partial charge is 0.327 e. The number of rotatable bonds is 4. The van der Waals surface area contributed by atoms with E-state index in [2.05, 4.69) is 10.5 Å². The lowest BCUT2D eigenvalue weighted by Gasteiger charge is -2.15. The van der Waals surface area contributed by atoms with Crippen molar-refractivity contribution in [2.75, 3.05) is 19.6 Å². The maximum Gasteiger partial charge on any atom is 0.295 e. The van der Waals surface area contributed by atoms with Crippen molar-refractivity contribution in [1.82, 2.24) is 5.43 Å². The van der Waals surface area contributed by atoms with E-state index in [0.717, 1.165) is 18.7 Å². The maximum atomic E-state index is 11.8. The van der Waals surface area contributed by atoms with Crippen molar-refractivity contribution in [3.05, 3.63) is 34.9 Å². The SMILES string of the molecule is O=C(C[NH+]1CCCCCC1)N/N=C\c1ccccc1Cl. The molecule has 0 aliphatic carbocycles. The Balaban J connectivity index is 1.78. The highest BCUT2D eigenvalue weighted by atomic mass is 35.5. The van der Waals surface area contributed by atoms with Crippen LogP contribution < -0.4 is 10.3 Å². The average Bonchev–Trinajstić information content (AvgIpc) is 2.69. The van der Waals surface area contributed by atoms with E-state index in [1.54, 1.807) is 12.3 Å². The number of likely N-dealkylation sites (tertiary alicyclic amines) is 1. The summed E-state index contributed by atoms with van der Waals surface area (Å²) in [6, 6.07) is 7.40. The van der Waals surface area contributed by atoms with Crippen LogP contribution in [0, 0.1) is 0 Å². The Hall–Kier alpha value is -1.39. The van der Waals surface area contributed by atoms with Crippen LogP contribution in [0.25, 0.3) is 0 Å². The zero-order valence-electron chi connectivity index (χ0n) is 11.6. The Morgan fingerprint density at radius 1 is 1.25 bits per heavy atom. The second-order valence-corrected chi connectivity index (χ2v) is 5.56. The van der Waals surface area contributed by atoms with Crippen molar-refractivity contribution in [1.29, 1.82) is 0 Å². The number of carbonyl (C=O) groups excluding carboxylic acids is 1. The number of hydrogen-bond acceptors (Lipinski definition) is 2. The van der Waals surface area contributed by atoms with Crippen LogP contribution in [-0.2, 0) is 4.79 Å². The normalized spacial score (nSPS) is 17.1. The van der Waals surface area contributed by atoms with E-state index in [4.69, 9.17) is 11.6 Å². The molecule has 0 unspecified atom stereocenters. The zero-order chi connectivity index (χ0) is 14.2. The first-order chi connectivity index (χ1) is 9.75. The first-order valence-corrected chi connectivity index (χ1v) is 7.53. The fourth-order valence-electron chi connectivity index (χ4n) is 2.43. The van der Waals surface area contributed by atoms with Gasteiger partial charge in [-0.2, -0.15) is 5.10 Å². The molecule has 1 amide bonds. The van der Waals surface area contributed by atoms with Crippen LogP contribution in [0.2, 0.25) is 5.02 Å². The summed E-state index contributed by atoms with van der Waals surface area (Å²) in [6.07, 6.45) is 6.58. The fraction of sp³-hybridized carbons (Fsp3) is 0.467. The lowest BCUT2D eigenvalue weighted by Crippen LogP contribution is -3.13. The van der Waals surface area contributed by atoms with Gasteiger partial charge < -0.3 is 4.90 Å². The number of nitrogens with zero attached hydrogens (tertiary/aromatic N) is 1. The van der Waals surface area contributed by atoms with E-state index < -0.39 is 0 Å². The summed E-state index contributed by atoms with van der Waals surface area (Å²) in [4.78, 5) is 13.2. The highest BCUT2D eigenvalue weighted by molar-refractivity contribution is 6.33. The lowest BCUT2D eigenvalue weighted by atomic mass is 10.2. The van der Waals surface area contributed by atoms with Gasteiger partial charge in [-0.1, -0.05) is 29.8 Å². The number of carbonyl (C=O) groups is 1. The summed E-state index contributed by atoms with van der Waals surface area (Å²) in [6.45, 7) is 2.67. The van der Waals surface area contributed by atoms with Gasteiger partial charge in [-0.15, -0.1) is 0 Å². The number of amides is 1. The molecule has 0 atom stereocenters. The molecule has 0 spiro atoms. The standard InChI is InChI=1S/C15H20ClN3O/c16-14-8-4-3-7-13(14)11-17-18-15(20)12-19-9-5-1-2-6-10-19/h3-4,7-8,11H,1-2,5-6,9-10,12H2,(H,18,20)/p+1/b17-11-. The van der Waals surface area contributed by atoms with Crippen molar-refractivity contribution in [3.63, 3.8) is 0 Å². The average molecular weight is 295 g/mol. The second-order valence-electron chi connectivity index (χ2n) is 5.16. The number of quaternary nitrogens is 1. The van der Waals surface area contributed by atoms with Crippen molar-refractivity contribution in [3.8, 4) is 0 Å². The molecule has 108 valence electrons. The van der Waals surface area contributed by atoms with Gasteiger partial charge in [0.1, 0.15) is 0 Å². The predicted molar refractivity (Wildman–Crippen MR) is 81.2 cm³/mol. The molecule has 4 nitrogen and oxygen atoms in total. The molecule has 1 aromatic carbocycles. The topological polar surface area (TPSA) is 45.9 Å². The van der Waals surface area contributed by atoms with Crippen molar-refractivity contribution >= 4 is 23.7 Å². The summed E-state index contributed by atoms with van der Waals surface area (Å²) >= 11 is 6.01. The third-order valence-corrected chi connectivity index (χ3v) is 3.86. The molecule has 1 heterocycles. The Kier molecular flexibility index (Phi) is 6.02. The van der Waals surface area contributed by atoms with Gasteiger partial charge in [-0.25, -0.2) is 5.43 Å². The van der Waals surface area contributed by atoms with Crippen LogP contribution in [0.4, 0.5) is 0 Å². The predicted octanol–water partition coefficient (Wildman–Crippen LogP) is 1.25. The lowest BCUT2D eigenvalue weighted by molar-refractivity contribution is -0.891. The van der Waals surface area contributed by atoms with Crippen LogP contribution in [-0.4, -0.2) is 31.8 Å². The Morgan fingerprint density at radius 2 is 1.95 bits per heavy atom. The minimum atomic E-state index is -0.0368. The number of nitrogens with one attached hydrogen (secondary N) is 2. The molecule has 20 heavy (non-hydrogen) atoms. The van der Waals surface area contributed by atoms with E-state index in [0.29, 0.717) is 11.6 Å². The van der Waals surface area contributed by atoms with Crippen LogP contribution in [0.5, 0.6) is 0 Å². The van der Waals surface area contributed by atoms with Gasteiger partial charge in [-0.05, 0) is 31.7 Å².